The van der Waals surface area contributed by atoms with Crippen molar-refractivity contribution in [1.82, 2.24) is 0 Å². The Bertz CT molecular complexity index is 866. The average molecular weight is 331 g/mol. The molecule has 1 fully saturated rings. The first-order valence-corrected chi connectivity index (χ1v) is 8.45. The summed E-state index contributed by atoms with van der Waals surface area (Å²) in [6.45, 7) is 0. The van der Waals surface area contributed by atoms with Gasteiger partial charge in [0.2, 0.25) is 0 Å². The summed E-state index contributed by atoms with van der Waals surface area (Å²) in [4.78, 5) is 4.81. The summed E-state index contributed by atoms with van der Waals surface area (Å²) < 4.78 is 19.0. The Labute approximate surface area is 146 Å². The van der Waals surface area contributed by atoms with Crippen LogP contribution >= 0.6 is 0 Å². The van der Waals surface area contributed by atoms with Gasteiger partial charge in [-0.05, 0) is 66.9 Å². The molecule has 124 valence electrons. The van der Waals surface area contributed by atoms with E-state index in [0.29, 0.717) is 5.92 Å². The van der Waals surface area contributed by atoms with E-state index in [9.17, 15) is 4.39 Å². The van der Waals surface area contributed by atoms with E-state index in [4.69, 9.17) is 9.73 Å². The molecule has 0 bridgehead atoms. The van der Waals surface area contributed by atoms with Crippen LogP contribution in [0.4, 0.5) is 10.1 Å². The van der Waals surface area contributed by atoms with Crippen LogP contribution < -0.4 is 4.74 Å². The van der Waals surface area contributed by atoms with Crippen LogP contribution in [0.15, 0.2) is 83.9 Å². The topological polar surface area (TPSA) is 21.6 Å². The zero-order valence-electron chi connectivity index (χ0n) is 13.7. The fraction of sp³-hybridized carbons (Fsp3) is 0.136. The predicted molar refractivity (Wildman–Crippen MR) is 98.3 cm³/mol. The molecule has 0 heterocycles. The van der Waals surface area contributed by atoms with E-state index in [1.54, 1.807) is 12.1 Å². The first kappa shape index (κ1) is 15.6. The minimum atomic E-state index is -0.221. The first-order chi connectivity index (χ1) is 12.3. The fourth-order valence-electron chi connectivity index (χ4n) is 2.72. The molecule has 0 aliphatic heterocycles. The van der Waals surface area contributed by atoms with Gasteiger partial charge < -0.3 is 4.74 Å². The third-order valence-electron chi connectivity index (χ3n) is 4.17. The van der Waals surface area contributed by atoms with E-state index < -0.39 is 0 Å². The molecule has 0 spiro atoms. The minimum absolute atomic E-state index is 0.221. The summed E-state index contributed by atoms with van der Waals surface area (Å²) in [5, 5.41) is 0. The van der Waals surface area contributed by atoms with Crippen LogP contribution in [0.1, 0.15) is 18.4 Å². The van der Waals surface area contributed by atoms with E-state index in [1.807, 2.05) is 54.6 Å². The number of benzene rings is 3. The van der Waals surface area contributed by atoms with Gasteiger partial charge in [-0.2, -0.15) is 0 Å². The van der Waals surface area contributed by atoms with Gasteiger partial charge in [-0.15, -0.1) is 0 Å². The molecule has 3 heteroatoms. The molecule has 0 radical (unpaired) electrons. The molecular formula is C22H18FNO. The fourth-order valence-corrected chi connectivity index (χ4v) is 2.72. The quantitative estimate of drug-likeness (QED) is 0.514. The zero-order chi connectivity index (χ0) is 17.1. The third kappa shape index (κ3) is 3.94. The molecule has 0 saturated heterocycles. The second-order valence-electron chi connectivity index (χ2n) is 6.19. The van der Waals surface area contributed by atoms with E-state index in [2.05, 4.69) is 0 Å². The van der Waals surface area contributed by atoms with Crippen molar-refractivity contribution in [3.63, 3.8) is 0 Å². The Morgan fingerprint density at radius 3 is 2.08 bits per heavy atom. The van der Waals surface area contributed by atoms with Crippen molar-refractivity contribution in [3.05, 3.63) is 90.2 Å². The molecule has 4 rings (SSSR count). The Balaban J connectivity index is 1.56. The van der Waals surface area contributed by atoms with Gasteiger partial charge in [-0.25, -0.2) is 4.39 Å². The molecule has 1 aliphatic rings. The zero-order valence-corrected chi connectivity index (χ0v) is 13.7. The van der Waals surface area contributed by atoms with Crippen molar-refractivity contribution in [2.45, 2.75) is 12.8 Å². The molecule has 0 unspecified atom stereocenters. The Morgan fingerprint density at radius 2 is 1.44 bits per heavy atom. The molecule has 2 nitrogen and oxygen atoms in total. The monoisotopic (exact) mass is 331 g/mol. The molecule has 1 saturated carbocycles. The van der Waals surface area contributed by atoms with Gasteiger partial charge in [0.15, 0.2) is 0 Å². The van der Waals surface area contributed by atoms with Gasteiger partial charge in [0, 0.05) is 5.92 Å². The van der Waals surface area contributed by atoms with Crippen LogP contribution in [0, 0.1) is 11.7 Å². The number of aliphatic imine (C=N–C) groups is 1. The van der Waals surface area contributed by atoms with Gasteiger partial charge in [0.25, 0.3) is 0 Å². The summed E-state index contributed by atoms with van der Waals surface area (Å²) in [5.41, 5.74) is 2.91. The van der Waals surface area contributed by atoms with Crippen LogP contribution in [0.25, 0.3) is 0 Å². The lowest BCUT2D eigenvalue weighted by Crippen LogP contribution is -2.03. The maximum Gasteiger partial charge on any atom is 0.127 e. The largest absolute Gasteiger partial charge is 0.457 e. The molecule has 25 heavy (non-hydrogen) atoms. The van der Waals surface area contributed by atoms with Crippen molar-refractivity contribution >= 4 is 11.4 Å². The number of para-hydroxylation sites is 1. The van der Waals surface area contributed by atoms with Crippen molar-refractivity contribution in [1.29, 1.82) is 0 Å². The molecule has 0 aromatic heterocycles. The maximum absolute atomic E-state index is 13.2. The number of halogens is 1. The highest BCUT2D eigenvalue weighted by Gasteiger charge is 2.28. The van der Waals surface area contributed by atoms with Crippen molar-refractivity contribution < 1.29 is 9.13 Å². The van der Waals surface area contributed by atoms with Crippen molar-refractivity contribution in [2.75, 3.05) is 0 Å². The molecular weight excluding hydrogens is 313 g/mol. The molecule has 0 N–H and O–H groups in total. The van der Waals surface area contributed by atoms with Gasteiger partial charge in [-0.1, -0.05) is 30.3 Å². The van der Waals surface area contributed by atoms with Crippen LogP contribution in [-0.2, 0) is 0 Å². The summed E-state index contributed by atoms with van der Waals surface area (Å²) in [6, 6.07) is 24.0. The smallest absolute Gasteiger partial charge is 0.127 e. The molecule has 1 aliphatic carbocycles. The highest BCUT2D eigenvalue weighted by atomic mass is 19.1. The second-order valence-corrected chi connectivity index (χ2v) is 6.19. The van der Waals surface area contributed by atoms with Crippen LogP contribution in [0.5, 0.6) is 11.5 Å². The maximum atomic E-state index is 13.2. The normalized spacial score (nSPS) is 14.4. The molecule has 3 aromatic rings. The third-order valence-corrected chi connectivity index (χ3v) is 4.17. The average Bonchev–Trinajstić information content (AvgIpc) is 3.48. The summed E-state index contributed by atoms with van der Waals surface area (Å²) >= 11 is 0. The Morgan fingerprint density at radius 1 is 0.800 bits per heavy atom. The summed E-state index contributed by atoms with van der Waals surface area (Å²) in [6.07, 6.45) is 2.29. The van der Waals surface area contributed by atoms with E-state index in [1.165, 1.54) is 12.1 Å². The Hall–Kier alpha value is -2.94. The van der Waals surface area contributed by atoms with Crippen molar-refractivity contribution in [3.8, 4) is 11.5 Å². The number of ether oxygens (including phenoxy) is 1. The Kier molecular flexibility index (Phi) is 4.30. The highest BCUT2D eigenvalue weighted by Crippen LogP contribution is 2.35. The lowest BCUT2D eigenvalue weighted by Gasteiger charge is -2.08. The van der Waals surface area contributed by atoms with Crippen molar-refractivity contribution in [2.24, 2.45) is 10.9 Å². The van der Waals surface area contributed by atoms with Gasteiger partial charge in [0.1, 0.15) is 17.3 Å². The number of rotatable bonds is 5. The van der Waals surface area contributed by atoms with Gasteiger partial charge >= 0.3 is 0 Å². The second kappa shape index (κ2) is 6.89. The molecule has 0 amide bonds. The summed E-state index contributed by atoms with van der Waals surface area (Å²) in [7, 11) is 0. The SMILES string of the molecule is Fc1ccc(C(=Nc2ccc(Oc3ccccc3)cc2)C2CC2)cc1. The number of hydrogen-bond acceptors (Lipinski definition) is 2. The molecule has 3 aromatic carbocycles. The van der Waals surface area contributed by atoms with Gasteiger partial charge in [-0.3, -0.25) is 4.99 Å². The first-order valence-electron chi connectivity index (χ1n) is 8.45. The predicted octanol–water partition coefficient (Wildman–Crippen LogP) is 6.15. The molecule has 0 atom stereocenters. The number of nitrogens with zero attached hydrogens (tertiary/aromatic N) is 1. The van der Waals surface area contributed by atoms with Crippen LogP contribution in [0.3, 0.4) is 0 Å². The van der Waals surface area contributed by atoms with E-state index in [-0.39, 0.29) is 5.82 Å². The summed E-state index contributed by atoms with van der Waals surface area (Å²) in [5.74, 6) is 1.84. The minimum Gasteiger partial charge on any atom is -0.457 e. The van der Waals surface area contributed by atoms with E-state index >= 15 is 0 Å². The lowest BCUT2D eigenvalue weighted by molar-refractivity contribution is 0.483. The highest BCUT2D eigenvalue weighted by molar-refractivity contribution is 6.04. The number of hydrogen-bond donors (Lipinski definition) is 0. The lowest BCUT2D eigenvalue weighted by atomic mass is 10.1. The van der Waals surface area contributed by atoms with Crippen LogP contribution in [-0.4, -0.2) is 5.71 Å². The van der Waals surface area contributed by atoms with E-state index in [0.717, 1.165) is 41.3 Å². The standard InChI is InChI=1S/C22H18FNO/c23-18-10-8-17(9-11-18)22(16-6-7-16)24-19-12-14-21(15-13-19)25-20-4-2-1-3-5-20/h1-5,8-16H,6-7H2. The van der Waals surface area contributed by atoms with Gasteiger partial charge in [0.05, 0.1) is 11.4 Å². The van der Waals surface area contributed by atoms with Crippen LogP contribution in [0.2, 0.25) is 0 Å².